The topological polar surface area (TPSA) is 94.0 Å². The standard InChI is InChI=1S/C21H28N6O2S2/c1-4-29-13-11-22-18-16-14-24-27(19(16)26-21(25-18)31-5-2)12-10-23-20(28)15-8-6-7-9-17(15)30-3/h6-9,14H,4-5,10-13H2,1-3H3,(H,23,28)(H,22,25,26). The minimum atomic E-state index is -0.0865. The summed E-state index contributed by atoms with van der Waals surface area (Å²) < 4.78 is 7.22. The lowest BCUT2D eigenvalue weighted by Crippen LogP contribution is -2.28. The summed E-state index contributed by atoms with van der Waals surface area (Å²) in [5, 5.41) is 12.4. The average Bonchev–Trinajstić information content (AvgIpc) is 3.19. The Labute approximate surface area is 190 Å². The van der Waals surface area contributed by atoms with Gasteiger partial charge in [-0.3, -0.25) is 4.79 Å². The first-order valence-corrected chi connectivity index (χ1v) is 12.5. The Morgan fingerprint density at radius 2 is 2.03 bits per heavy atom. The maximum atomic E-state index is 12.6. The van der Waals surface area contributed by atoms with Gasteiger partial charge < -0.3 is 15.4 Å². The van der Waals surface area contributed by atoms with Gasteiger partial charge in [0, 0.05) is 24.6 Å². The fourth-order valence-electron chi connectivity index (χ4n) is 3.02. The molecule has 0 bridgehead atoms. The minimum Gasteiger partial charge on any atom is -0.380 e. The molecule has 1 aromatic carbocycles. The number of nitrogens with zero attached hydrogens (tertiary/aromatic N) is 4. The molecule has 0 atom stereocenters. The Balaban J connectivity index is 1.71. The van der Waals surface area contributed by atoms with E-state index in [1.165, 1.54) is 0 Å². The van der Waals surface area contributed by atoms with Crippen LogP contribution in [-0.4, -0.2) is 64.0 Å². The number of rotatable bonds is 12. The zero-order valence-corrected chi connectivity index (χ0v) is 19.7. The maximum Gasteiger partial charge on any atom is 0.252 e. The van der Waals surface area contributed by atoms with Gasteiger partial charge in [0.25, 0.3) is 5.91 Å². The van der Waals surface area contributed by atoms with Crippen LogP contribution >= 0.6 is 23.5 Å². The normalized spacial score (nSPS) is 11.1. The first kappa shape index (κ1) is 23.4. The molecule has 166 valence electrons. The van der Waals surface area contributed by atoms with Gasteiger partial charge in [-0.25, -0.2) is 14.6 Å². The quantitative estimate of drug-likeness (QED) is 0.241. The van der Waals surface area contributed by atoms with E-state index in [2.05, 4.69) is 32.6 Å². The van der Waals surface area contributed by atoms with Gasteiger partial charge in [0.05, 0.1) is 30.3 Å². The summed E-state index contributed by atoms with van der Waals surface area (Å²) in [7, 11) is 0. The van der Waals surface area contributed by atoms with E-state index < -0.39 is 0 Å². The van der Waals surface area contributed by atoms with Crippen LogP contribution in [0.5, 0.6) is 0 Å². The van der Waals surface area contributed by atoms with Crippen molar-refractivity contribution in [3.63, 3.8) is 0 Å². The summed E-state index contributed by atoms with van der Waals surface area (Å²) in [4.78, 5) is 22.8. The lowest BCUT2D eigenvalue weighted by molar-refractivity contribution is 0.0949. The molecule has 0 aliphatic heterocycles. The first-order valence-electron chi connectivity index (χ1n) is 10.3. The van der Waals surface area contributed by atoms with E-state index in [0.717, 1.165) is 27.5 Å². The van der Waals surface area contributed by atoms with Crippen molar-refractivity contribution in [1.29, 1.82) is 0 Å². The van der Waals surface area contributed by atoms with Gasteiger partial charge in [-0.1, -0.05) is 30.8 Å². The number of amides is 1. The molecule has 0 fully saturated rings. The number of carbonyl (C=O) groups excluding carboxylic acids is 1. The van der Waals surface area contributed by atoms with Crippen LogP contribution in [0.3, 0.4) is 0 Å². The number of thioether (sulfide) groups is 2. The summed E-state index contributed by atoms with van der Waals surface area (Å²) in [5.41, 5.74) is 1.44. The molecule has 1 amide bonds. The summed E-state index contributed by atoms with van der Waals surface area (Å²) in [5.74, 6) is 1.55. The van der Waals surface area contributed by atoms with E-state index in [1.807, 2.05) is 42.1 Å². The molecule has 0 saturated heterocycles. The predicted octanol–water partition coefficient (Wildman–Crippen LogP) is 3.54. The average molecular weight is 461 g/mol. The number of hydrogen-bond acceptors (Lipinski definition) is 8. The molecule has 0 unspecified atom stereocenters. The molecule has 2 heterocycles. The molecule has 0 spiro atoms. The molecule has 31 heavy (non-hydrogen) atoms. The van der Waals surface area contributed by atoms with Gasteiger partial charge in [-0.05, 0) is 31.1 Å². The van der Waals surface area contributed by atoms with E-state index in [0.29, 0.717) is 43.6 Å². The molecule has 2 aromatic heterocycles. The van der Waals surface area contributed by atoms with Crippen LogP contribution in [0.2, 0.25) is 0 Å². The highest BCUT2D eigenvalue weighted by Gasteiger charge is 2.14. The highest BCUT2D eigenvalue weighted by Crippen LogP contribution is 2.24. The van der Waals surface area contributed by atoms with Gasteiger partial charge in [0.2, 0.25) is 0 Å². The number of nitrogens with one attached hydrogen (secondary N) is 2. The second kappa shape index (κ2) is 11.9. The van der Waals surface area contributed by atoms with Crippen LogP contribution in [0, 0.1) is 0 Å². The van der Waals surface area contributed by atoms with Crippen molar-refractivity contribution in [3.05, 3.63) is 36.0 Å². The number of aromatic nitrogens is 4. The Morgan fingerprint density at radius 1 is 1.19 bits per heavy atom. The molecule has 0 radical (unpaired) electrons. The summed E-state index contributed by atoms with van der Waals surface area (Å²) in [6.07, 6.45) is 3.73. The Kier molecular flexibility index (Phi) is 8.98. The molecule has 3 rings (SSSR count). The lowest BCUT2D eigenvalue weighted by atomic mass is 10.2. The number of fused-ring (bicyclic) bond motifs is 1. The van der Waals surface area contributed by atoms with Crippen molar-refractivity contribution in [2.75, 3.05) is 43.6 Å². The van der Waals surface area contributed by atoms with E-state index in [-0.39, 0.29) is 5.91 Å². The highest BCUT2D eigenvalue weighted by atomic mass is 32.2. The highest BCUT2D eigenvalue weighted by molar-refractivity contribution is 7.99. The Bertz CT molecular complexity index is 1010. The molecule has 0 aliphatic rings. The van der Waals surface area contributed by atoms with Crippen LogP contribution in [-0.2, 0) is 11.3 Å². The summed E-state index contributed by atoms with van der Waals surface area (Å²) in [6.45, 7) is 6.96. The molecule has 0 saturated carbocycles. The van der Waals surface area contributed by atoms with Gasteiger partial charge in [-0.15, -0.1) is 11.8 Å². The second-order valence-electron chi connectivity index (χ2n) is 6.47. The van der Waals surface area contributed by atoms with Crippen molar-refractivity contribution in [1.82, 2.24) is 25.1 Å². The van der Waals surface area contributed by atoms with Crippen molar-refractivity contribution >= 4 is 46.3 Å². The fourth-order valence-corrected chi connectivity index (χ4v) is 4.18. The van der Waals surface area contributed by atoms with E-state index in [1.54, 1.807) is 29.7 Å². The fraction of sp³-hybridized carbons (Fsp3) is 0.429. The van der Waals surface area contributed by atoms with Crippen LogP contribution < -0.4 is 10.6 Å². The maximum absolute atomic E-state index is 12.6. The van der Waals surface area contributed by atoms with Gasteiger partial charge in [-0.2, -0.15) is 5.10 Å². The third-order valence-corrected chi connectivity index (χ3v) is 5.98. The molecule has 10 heteroatoms. The third-order valence-electron chi connectivity index (χ3n) is 4.45. The van der Waals surface area contributed by atoms with E-state index in [4.69, 9.17) is 4.74 Å². The molecule has 0 aliphatic carbocycles. The largest absolute Gasteiger partial charge is 0.380 e. The predicted molar refractivity (Wildman–Crippen MR) is 127 cm³/mol. The van der Waals surface area contributed by atoms with Gasteiger partial charge >= 0.3 is 0 Å². The third kappa shape index (κ3) is 6.11. The van der Waals surface area contributed by atoms with Crippen molar-refractivity contribution in [2.45, 2.75) is 30.4 Å². The summed E-state index contributed by atoms with van der Waals surface area (Å²) in [6, 6.07) is 7.60. The van der Waals surface area contributed by atoms with Crippen LogP contribution in [0.4, 0.5) is 5.82 Å². The summed E-state index contributed by atoms with van der Waals surface area (Å²) >= 11 is 3.14. The molecule has 3 aromatic rings. The minimum absolute atomic E-state index is 0.0865. The molecular formula is C21H28N6O2S2. The number of ether oxygens (including phenoxy) is 1. The lowest BCUT2D eigenvalue weighted by Gasteiger charge is -2.10. The second-order valence-corrected chi connectivity index (χ2v) is 8.55. The number of carbonyl (C=O) groups is 1. The smallest absolute Gasteiger partial charge is 0.252 e. The van der Waals surface area contributed by atoms with E-state index >= 15 is 0 Å². The van der Waals surface area contributed by atoms with Crippen molar-refractivity contribution < 1.29 is 9.53 Å². The number of hydrogen-bond donors (Lipinski definition) is 2. The van der Waals surface area contributed by atoms with Gasteiger partial charge in [0.1, 0.15) is 5.82 Å². The molecule has 2 N–H and O–H groups in total. The molecular weight excluding hydrogens is 432 g/mol. The van der Waals surface area contributed by atoms with Crippen molar-refractivity contribution in [3.8, 4) is 0 Å². The Morgan fingerprint density at radius 3 is 2.81 bits per heavy atom. The van der Waals surface area contributed by atoms with Crippen molar-refractivity contribution in [2.24, 2.45) is 0 Å². The Hall–Kier alpha value is -2.30. The SMILES string of the molecule is CCOCCNc1nc(SCC)nc2c1cnn2CCNC(=O)c1ccccc1SC. The molecule has 8 nitrogen and oxygen atoms in total. The monoisotopic (exact) mass is 460 g/mol. The van der Waals surface area contributed by atoms with Crippen LogP contribution in [0.25, 0.3) is 11.0 Å². The zero-order chi connectivity index (χ0) is 22.1. The zero-order valence-electron chi connectivity index (χ0n) is 18.1. The first-order chi connectivity index (χ1) is 15.2. The van der Waals surface area contributed by atoms with E-state index in [9.17, 15) is 4.79 Å². The van der Waals surface area contributed by atoms with Crippen LogP contribution in [0.15, 0.2) is 40.5 Å². The number of benzene rings is 1. The number of anilines is 1. The van der Waals surface area contributed by atoms with Crippen LogP contribution in [0.1, 0.15) is 24.2 Å². The van der Waals surface area contributed by atoms with Gasteiger partial charge in [0.15, 0.2) is 10.8 Å².